The maximum Gasteiger partial charge on any atom is 0.238 e. The van der Waals surface area contributed by atoms with Crippen LogP contribution in [0.4, 0.5) is 0 Å². The molecule has 0 saturated carbocycles. The van der Waals surface area contributed by atoms with Crippen molar-refractivity contribution in [2.45, 2.75) is 51.5 Å². The number of likely N-dealkylation sites (tertiary alicyclic amines) is 1. The number of aryl methyl sites for hydroxylation is 1. The standard InChI is InChI=1S/C18H26N4O3/c1-18(2,22-10-4-3-5-11-22)13-19-15(23)8-9-16-20-17(21-25-16)14-7-6-12-24-14/h6-7,12H,3-5,8-11,13H2,1-2H3,(H,19,23). The Labute approximate surface area is 147 Å². The van der Waals surface area contributed by atoms with Gasteiger partial charge in [-0.1, -0.05) is 11.6 Å². The summed E-state index contributed by atoms with van der Waals surface area (Å²) in [7, 11) is 0. The number of carbonyl (C=O) groups excluding carboxylic acids is 1. The number of amides is 1. The molecule has 1 aliphatic heterocycles. The largest absolute Gasteiger partial charge is 0.461 e. The number of aromatic nitrogens is 2. The third kappa shape index (κ3) is 4.69. The van der Waals surface area contributed by atoms with Crippen LogP contribution in [0.2, 0.25) is 0 Å². The van der Waals surface area contributed by atoms with Crippen molar-refractivity contribution in [2.24, 2.45) is 0 Å². The quantitative estimate of drug-likeness (QED) is 0.830. The molecule has 3 rings (SSSR count). The van der Waals surface area contributed by atoms with Gasteiger partial charge in [-0.3, -0.25) is 9.69 Å². The van der Waals surface area contributed by atoms with Crippen molar-refractivity contribution < 1.29 is 13.7 Å². The minimum atomic E-state index is -0.0208. The predicted octanol–water partition coefficient (Wildman–Crippen LogP) is 2.64. The van der Waals surface area contributed by atoms with Crippen LogP contribution in [0, 0.1) is 0 Å². The summed E-state index contributed by atoms with van der Waals surface area (Å²) < 4.78 is 10.4. The highest BCUT2D eigenvalue weighted by molar-refractivity contribution is 5.76. The van der Waals surface area contributed by atoms with Crippen molar-refractivity contribution >= 4 is 5.91 Å². The van der Waals surface area contributed by atoms with E-state index >= 15 is 0 Å². The van der Waals surface area contributed by atoms with Crippen LogP contribution in [0.5, 0.6) is 0 Å². The summed E-state index contributed by atoms with van der Waals surface area (Å²) in [6, 6.07) is 3.53. The molecule has 1 N–H and O–H groups in total. The molecule has 0 bridgehead atoms. The van der Waals surface area contributed by atoms with Crippen LogP contribution in [0.25, 0.3) is 11.6 Å². The Morgan fingerprint density at radius 2 is 2.12 bits per heavy atom. The number of nitrogens with zero attached hydrogens (tertiary/aromatic N) is 3. The van der Waals surface area contributed by atoms with Crippen LogP contribution in [-0.2, 0) is 11.2 Å². The van der Waals surface area contributed by atoms with E-state index < -0.39 is 0 Å². The average molecular weight is 346 g/mol. The van der Waals surface area contributed by atoms with Gasteiger partial charge in [-0.2, -0.15) is 4.98 Å². The second-order valence-corrected chi connectivity index (χ2v) is 7.13. The fraction of sp³-hybridized carbons (Fsp3) is 0.611. The Balaban J connectivity index is 1.43. The number of rotatable bonds is 7. The van der Waals surface area contributed by atoms with Gasteiger partial charge < -0.3 is 14.3 Å². The second kappa shape index (κ2) is 7.82. The maximum atomic E-state index is 12.1. The van der Waals surface area contributed by atoms with Crippen LogP contribution >= 0.6 is 0 Å². The van der Waals surface area contributed by atoms with Crippen LogP contribution < -0.4 is 5.32 Å². The molecule has 136 valence electrons. The minimum absolute atomic E-state index is 0.00262. The normalized spacial score (nSPS) is 16.1. The summed E-state index contributed by atoms with van der Waals surface area (Å²) in [5, 5.41) is 6.90. The number of hydrogen-bond acceptors (Lipinski definition) is 6. The van der Waals surface area contributed by atoms with Crippen molar-refractivity contribution in [1.29, 1.82) is 0 Å². The summed E-state index contributed by atoms with van der Waals surface area (Å²) in [6.45, 7) is 7.24. The number of furan rings is 1. The molecule has 0 aliphatic carbocycles. The molecular weight excluding hydrogens is 320 g/mol. The number of piperidine rings is 1. The molecule has 1 aliphatic rings. The third-order valence-electron chi connectivity index (χ3n) is 4.71. The lowest BCUT2D eigenvalue weighted by atomic mass is 9.98. The van der Waals surface area contributed by atoms with Crippen molar-refractivity contribution in [3.8, 4) is 11.6 Å². The van der Waals surface area contributed by atoms with Crippen molar-refractivity contribution in [3.63, 3.8) is 0 Å². The van der Waals surface area contributed by atoms with E-state index in [2.05, 4.69) is 34.2 Å². The van der Waals surface area contributed by atoms with Gasteiger partial charge in [0.25, 0.3) is 0 Å². The number of hydrogen-bond donors (Lipinski definition) is 1. The Morgan fingerprint density at radius 3 is 2.84 bits per heavy atom. The first-order valence-corrected chi connectivity index (χ1v) is 8.93. The summed E-state index contributed by atoms with van der Waals surface area (Å²) in [4.78, 5) is 18.9. The van der Waals surface area contributed by atoms with E-state index in [1.54, 1.807) is 18.4 Å². The fourth-order valence-corrected chi connectivity index (χ4v) is 3.10. The minimum Gasteiger partial charge on any atom is -0.461 e. The van der Waals surface area contributed by atoms with Gasteiger partial charge in [0.1, 0.15) is 0 Å². The highest BCUT2D eigenvalue weighted by Gasteiger charge is 2.28. The van der Waals surface area contributed by atoms with Crippen molar-refractivity contribution in [2.75, 3.05) is 19.6 Å². The Morgan fingerprint density at radius 1 is 1.32 bits per heavy atom. The zero-order valence-electron chi connectivity index (χ0n) is 15.0. The highest BCUT2D eigenvalue weighted by atomic mass is 16.5. The van der Waals surface area contributed by atoms with E-state index in [4.69, 9.17) is 8.94 Å². The highest BCUT2D eigenvalue weighted by Crippen LogP contribution is 2.20. The summed E-state index contributed by atoms with van der Waals surface area (Å²) in [6.07, 6.45) is 6.10. The molecule has 7 nitrogen and oxygen atoms in total. The average Bonchev–Trinajstić information content (AvgIpc) is 3.30. The van der Waals surface area contributed by atoms with Gasteiger partial charge in [-0.05, 0) is 51.9 Å². The molecule has 0 aromatic carbocycles. The first-order chi connectivity index (χ1) is 12.0. The lowest BCUT2D eigenvalue weighted by Gasteiger charge is -2.41. The predicted molar refractivity (Wildman–Crippen MR) is 92.8 cm³/mol. The zero-order chi connectivity index (χ0) is 17.7. The summed E-state index contributed by atoms with van der Waals surface area (Å²) >= 11 is 0. The van der Waals surface area contributed by atoms with Gasteiger partial charge in [-0.15, -0.1) is 0 Å². The fourth-order valence-electron chi connectivity index (χ4n) is 3.10. The van der Waals surface area contributed by atoms with Crippen LogP contribution in [0.3, 0.4) is 0 Å². The van der Waals surface area contributed by atoms with Gasteiger partial charge in [0, 0.05) is 24.9 Å². The molecule has 0 spiro atoms. The first kappa shape index (κ1) is 17.7. The third-order valence-corrected chi connectivity index (χ3v) is 4.71. The Kier molecular flexibility index (Phi) is 5.53. The molecule has 3 heterocycles. The molecule has 7 heteroatoms. The van der Waals surface area contributed by atoms with E-state index in [1.165, 1.54) is 19.3 Å². The smallest absolute Gasteiger partial charge is 0.238 e. The van der Waals surface area contributed by atoms with Crippen LogP contribution in [0.15, 0.2) is 27.3 Å². The second-order valence-electron chi connectivity index (χ2n) is 7.13. The SMILES string of the molecule is CC(C)(CNC(=O)CCc1nc(-c2ccco2)no1)N1CCCCC1. The topological polar surface area (TPSA) is 84.4 Å². The molecule has 25 heavy (non-hydrogen) atoms. The lowest BCUT2D eigenvalue weighted by molar-refractivity contribution is -0.121. The lowest BCUT2D eigenvalue weighted by Crippen LogP contribution is -2.53. The summed E-state index contributed by atoms with van der Waals surface area (Å²) in [5.41, 5.74) is -0.0208. The van der Waals surface area contributed by atoms with Crippen LogP contribution in [0.1, 0.15) is 45.4 Å². The number of nitrogens with one attached hydrogen (secondary N) is 1. The van der Waals surface area contributed by atoms with E-state index in [1.807, 2.05) is 0 Å². The molecule has 1 fully saturated rings. The molecule has 0 unspecified atom stereocenters. The van der Waals surface area contributed by atoms with Gasteiger partial charge in [-0.25, -0.2) is 0 Å². The first-order valence-electron chi connectivity index (χ1n) is 8.93. The molecular formula is C18H26N4O3. The molecule has 0 radical (unpaired) electrons. The van der Waals surface area contributed by atoms with E-state index in [9.17, 15) is 4.79 Å². The molecule has 1 saturated heterocycles. The van der Waals surface area contributed by atoms with Crippen molar-refractivity contribution in [3.05, 3.63) is 24.3 Å². The van der Waals surface area contributed by atoms with E-state index in [0.717, 1.165) is 13.1 Å². The molecule has 0 atom stereocenters. The Bertz CT molecular complexity index is 672. The van der Waals surface area contributed by atoms with E-state index in [0.29, 0.717) is 36.9 Å². The zero-order valence-corrected chi connectivity index (χ0v) is 15.0. The van der Waals surface area contributed by atoms with Gasteiger partial charge >= 0.3 is 0 Å². The molecule has 2 aromatic heterocycles. The van der Waals surface area contributed by atoms with Crippen LogP contribution in [-0.4, -0.2) is 46.1 Å². The summed E-state index contributed by atoms with van der Waals surface area (Å²) in [5.74, 6) is 1.41. The van der Waals surface area contributed by atoms with Gasteiger partial charge in [0.15, 0.2) is 5.76 Å². The molecule has 2 aromatic rings. The monoisotopic (exact) mass is 346 g/mol. The maximum absolute atomic E-state index is 12.1. The molecule has 1 amide bonds. The number of carbonyl (C=O) groups is 1. The van der Waals surface area contributed by atoms with Gasteiger partial charge in [0.05, 0.1) is 6.26 Å². The van der Waals surface area contributed by atoms with E-state index in [-0.39, 0.29) is 11.4 Å². The Hall–Kier alpha value is -2.15. The van der Waals surface area contributed by atoms with Gasteiger partial charge in [0.2, 0.25) is 17.6 Å². The van der Waals surface area contributed by atoms with Crippen molar-refractivity contribution in [1.82, 2.24) is 20.4 Å².